The number of carbonyl (C=O) groups is 2. The number of rotatable bonds is 7. The minimum Gasteiger partial charge on any atom is -0.356 e. The summed E-state index contributed by atoms with van der Waals surface area (Å²) in [5, 5.41) is 6.27. The number of hydrogen-bond acceptors (Lipinski definition) is 3. The summed E-state index contributed by atoms with van der Waals surface area (Å²) < 4.78 is 0. The van der Waals surface area contributed by atoms with Crippen LogP contribution in [0, 0.1) is 0 Å². The summed E-state index contributed by atoms with van der Waals surface area (Å²) in [4.78, 5) is 27.8. The second-order valence-corrected chi connectivity index (χ2v) is 5.87. The fraction of sp³-hybridized carbons (Fsp3) is 0.278. The van der Waals surface area contributed by atoms with Gasteiger partial charge in [-0.25, -0.2) is 0 Å². The molecule has 1 heterocycles. The third-order valence-corrected chi connectivity index (χ3v) is 3.72. The molecule has 0 saturated carbocycles. The van der Waals surface area contributed by atoms with Crippen LogP contribution in [-0.4, -0.2) is 23.3 Å². The van der Waals surface area contributed by atoms with Gasteiger partial charge in [-0.15, -0.1) is 0 Å². The van der Waals surface area contributed by atoms with E-state index in [0.717, 1.165) is 11.3 Å². The molecule has 0 bridgehead atoms. The Morgan fingerprint density at radius 1 is 1.17 bits per heavy atom. The maximum absolute atomic E-state index is 12.2. The number of pyridine rings is 1. The lowest BCUT2D eigenvalue weighted by molar-refractivity contribution is -0.122. The van der Waals surface area contributed by atoms with Crippen molar-refractivity contribution in [2.24, 2.45) is 0 Å². The van der Waals surface area contributed by atoms with Crippen LogP contribution in [0.5, 0.6) is 0 Å². The first-order chi connectivity index (χ1) is 11.5. The molecule has 5 nitrogen and oxygen atoms in total. The average Bonchev–Trinajstić information content (AvgIpc) is 2.55. The largest absolute Gasteiger partial charge is 0.356 e. The number of nitrogens with zero attached hydrogens (tertiary/aromatic N) is 1. The topological polar surface area (TPSA) is 71.1 Å². The lowest BCUT2D eigenvalue weighted by Crippen LogP contribution is -2.33. The smallest absolute Gasteiger partial charge is 0.222 e. The Kier molecular flexibility index (Phi) is 6.75. The van der Waals surface area contributed by atoms with Crippen molar-refractivity contribution in [3.8, 4) is 0 Å². The van der Waals surface area contributed by atoms with Crippen LogP contribution in [-0.2, 0) is 16.0 Å². The van der Waals surface area contributed by atoms with Crippen LogP contribution in [0.25, 0.3) is 0 Å². The SMILES string of the molecule is CC(=O)N[C@H](CC(=O)NCCc1ccccn1)c1ccc(Cl)cc1. The molecule has 1 atom stereocenters. The number of amides is 2. The Morgan fingerprint density at radius 2 is 1.92 bits per heavy atom. The van der Waals surface area contributed by atoms with E-state index in [4.69, 9.17) is 11.6 Å². The van der Waals surface area contributed by atoms with Gasteiger partial charge in [0.25, 0.3) is 0 Å². The van der Waals surface area contributed by atoms with Crippen molar-refractivity contribution < 1.29 is 9.59 Å². The standard InChI is InChI=1S/C18H20ClN3O2/c1-13(23)22-17(14-5-7-15(19)8-6-14)12-18(24)21-11-9-16-4-2-3-10-20-16/h2-8,10,17H,9,11-12H2,1H3,(H,21,24)(H,22,23)/t17-/m1/s1. The number of benzene rings is 1. The maximum atomic E-state index is 12.2. The number of carbonyl (C=O) groups excluding carboxylic acids is 2. The molecule has 6 heteroatoms. The van der Waals surface area contributed by atoms with Gasteiger partial charge in [-0.3, -0.25) is 14.6 Å². The molecule has 0 radical (unpaired) electrons. The quantitative estimate of drug-likeness (QED) is 0.810. The van der Waals surface area contributed by atoms with Crippen molar-refractivity contribution in [1.29, 1.82) is 0 Å². The van der Waals surface area contributed by atoms with Crippen molar-refractivity contribution in [2.75, 3.05) is 6.54 Å². The fourth-order valence-corrected chi connectivity index (χ4v) is 2.45. The zero-order chi connectivity index (χ0) is 17.4. The minimum atomic E-state index is -0.380. The Hall–Kier alpha value is -2.40. The van der Waals surface area contributed by atoms with Crippen LogP contribution in [0.2, 0.25) is 5.02 Å². The van der Waals surface area contributed by atoms with Crippen LogP contribution in [0.4, 0.5) is 0 Å². The molecule has 2 N–H and O–H groups in total. The molecule has 0 aliphatic carbocycles. The van der Waals surface area contributed by atoms with E-state index in [2.05, 4.69) is 15.6 Å². The molecule has 1 aromatic carbocycles. The number of nitrogens with one attached hydrogen (secondary N) is 2. The van der Waals surface area contributed by atoms with Gasteiger partial charge in [0.05, 0.1) is 12.5 Å². The van der Waals surface area contributed by atoms with Crippen molar-refractivity contribution >= 4 is 23.4 Å². The normalized spacial score (nSPS) is 11.6. The lowest BCUT2D eigenvalue weighted by Gasteiger charge is -2.18. The van der Waals surface area contributed by atoms with Gasteiger partial charge >= 0.3 is 0 Å². The Balaban J connectivity index is 1.89. The molecule has 2 amide bonds. The van der Waals surface area contributed by atoms with Crippen molar-refractivity contribution in [2.45, 2.75) is 25.8 Å². The van der Waals surface area contributed by atoms with Gasteiger partial charge in [-0.1, -0.05) is 29.8 Å². The second-order valence-electron chi connectivity index (χ2n) is 5.43. The van der Waals surface area contributed by atoms with Crippen LogP contribution in [0.3, 0.4) is 0 Å². The lowest BCUT2D eigenvalue weighted by atomic mass is 10.0. The van der Waals surface area contributed by atoms with Crippen LogP contribution in [0.15, 0.2) is 48.7 Å². The number of hydrogen-bond donors (Lipinski definition) is 2. The molecule has 0 fully saturated rings. The molecule has 0 aliphatic heterocycles. The Bertz CT molecular complexity index is 674. The molecular weight excluding hydrogens is 326 g/mol. The van der Waals surface area contributed by atoms with Gasteiger partial charge in [0.2, 0.25) is 11.8 Å². The van der Waals surface area contributed by atoms with Crippen molar-refractivity contribution in [3.05, 3.63) is 64.9 Å². The highest BCUT2D eigenvalue weighted by Crippen LogP contribution is 2.19. The van der Waals surface area contributed by atoms with E-state index >= 15 is 0 Å². The molecule has 2 aromatic rings. The van der Waals surface area contributed by atoms with Crippen LogP contribution < -0.4 is 10.6 Å². The fourth-order valence-electron chi connectivity index (χ4n) is 2.33. The first-order valence-corrected chi connectivity index (χ1v) is 8.11. The minimum absolute atomic E-state index is 0.125. The molecule has 2 rings (SSSR count). The number of aromatic nitrogens is 1. The summed E-state index contributed by atoms with van der Waals surface area (Å²) >= 11 is 5.88. The monoisotopic (exact) mass is 345 g/mol. The zero-order valence-electron chi connectivity index (χ0n) is 13.5. The van der Waals surface area contributed by atoms with Crippen molar-refractivity contribution in [3.63, 3.8) is 0 Å². The summed E-state index contributed by atoms with van der Waals surface area (Å²) in [6, 6.07) is 12.4. The van der Waals surface area contributed by atoms with E-state index in [1.807, 2.05) is 30.3 Å². The highest BCUT2D eigenvalue weighted by atomic mass is 35.5. The first kappa shape index (κ1) is 17.9. The predicted octanol–water partition coefficient (Wildman–Crippen LogP) is 2.66. The van der Waals surface area contributed by atoms with Gasteiger partial charge in [0.15, 0.2) is 0 Å². The molecule has 0 spiro atoms. The summed E-state index contributed by atoms with van der Waals surface area (Å²) in [6.07, 6.45) is 2.56. The van der Waals surface area contributed by atoms with Crippen LogP contribution in [0.1, 0.15) is 30.6 Å². The molecular formula is C18H20ClN3O2. The average molecular weight is 346 g/mol. The first-order valence-electron chi connectivity index (χ1n) is 7.74. The zero-order valence-corrected chi connectivity index (χ0v) is 14.2. The molecule has 126 valence electrons. The van der Waals surface area contributed by atoms with E-state index in [1.165, 1.54) is 6.92 Å². The summed E-state index contributed by atoms with van der Waals surface area (Å²) in [5.41, 5.74) is 1.77. The third-order valence-electron chi connectivity index (χ3n) is 3.47. The predicted molar refractivity (Wildman–Crippen MR) is 93.6 cm³/mol. The molecule has 0 saturated heterocycles. The summed E-state index contributed by atoms with van der Waals surface area (Å²) in [6.45, 7) is 1.94. The van der Waals surface area contributed by atoms with Crippen LogP contribution >= 0.6 is 11.6 Å². The van der Waals surface area contributed by atoms with Gasteiger partial charge in [0.1, 0.15) is 0 Å². The Labute approximate surface area is 146 Å². The summed E-state index contributed by atoms with van der Waals surface area (Å²) in [5.74, 6) is -0.309. The van der Waals surface area contributed by atoms with Gasteiger partial charge in [0, 0.05) is 36.8 Å². The molecule has 0 unspecified atom stereocenters. The van der Waals surface area contributed by atoms with E-state index in [1.54, 1.807) is 18.3 Å². The Morgan fingerprint density at radius 3 is 2.54 bits per heavy atom. The summed E-state index contributed by atoms with van der Waals surface area (Å²) in [7, 11) is 0. The van der Waals surface area contributed by atoms with E-state index in [-0.39, 0.29) is 24.3 Å². The second kappa shape index (κ2) is 9.03. The third kappa shape index (κ3) is 6.01. The molecule has 24 heavy (non-hydrogen) atoms. The van der Waals surface area contributed by atoms with Gasteiger partial charge in [-0.05, 0) is 29.8 Å². The van der Waals surface area contributed by atoms with E-state index < -0.39 is 0 Å². The molecule has 0 aliphatic rings. The highest BCUT2D eigenvalue weighted by molar-refractivity contribution is 6.30. The van der Waals surface area contributed by atoms with Gasteiger partial charge < -0.3 is 10.6 Å². The molecule has 1 aromatic heterocycles. The van der Waals surface area contributed by atoms with E-state index in [9.17, 15) is 9.59 Å². The van der Waals surface area contributed by atoms with Crippen molar-refractivity contribution in [1.82, 2.24) is 15.6 Å². The highest BCUT2D eigenvalue weighted by Gasteiger charge is 2.17. The maximum Gasteiger partial charge on any atom is 0.222 e. The number of halogens is 1. The van der Waals surface area contributed by atoms with E-state index in [0.29, 0.717) is 18.0 Å². The van der Waals surface area contributed by atoms with Gasteiger partial charge in [-0.2, -0.15) is 0 Å².